The first-order valence-electron chi connectivity index (χ1n) is 5.65. The highest BCUT2D eigenvalue weighted by molar-refractivity contribution is 7.80. The van der Waals surface area contributed by atoms with Crippen LogP contribution in [0, 0.1) is 6.92 Å². The summed E-state index contributed by atoms with van der Waals surface area (Å²) in [5.41, 5.74) is 2.37. The lowest BCUT2D eigenvalue weighted by Gasteiger charge is -2.07. The molecule has 0 fully saturated rings. The quantitative estimate of drug-likeness (QED) is 0.831. The smallest absolute Gasteiger partial charge is 0.252 e. The third kappa shape index (κ3) is 3.11. The Morgan fingerprint density at radius 2 is 2.00 bits per heavy atom. The number of rotatable bonds is 3. The third-order valence-electron chi connectivity index (χ3n) is 2.52. The Bertz CT molecular complexity index is 569. The number of hydrogen-bond donors (Lipinski definition) is 2. The first-order chi connectivity index (χ1) is 8.66. The number of nitrogens with one attached hydrogen (secondary N) is 1. The summed E-state index contributed by atoms with van der Waals surface area (Å²) in [6, 6.07) is 13.0. The van der Waals surface area contributed by atoms with Crippen LogP contribution in [0.1, 0.15) is 21.7 Å². The lowest BCUT2D eigenvalue weighted by atomic mass is 10.2. The van der Waals surface area contributed by atoms with E-state index >= 15 is 0 Å². The number of carbonyl (C=O) groups is 1. The van der Waals surface area contributed by atoms with Crippen molar-refractivity contribution in [1.82, 2.24) is 10.3 Å². The minimum absolute atomic E-state index is 0.135. The van der Waals surface area contributed by atoms with Crippen molar-refractivity contribution in [3.8, 4) is 0 Å². The van der Waals surface area contributed by atoms with Gasteiger partial charge in [-0.25, -0.2) is 0 Å². The van der Waals surface area contributed by atoms with Crippen LogP contribution < -0.4 is 5.32 Å². The minimum atomic E-state index is -0.135. The largest absolute Gasteiger partial charge is 0.346 e. The van der Waals surface area contributed by atoms with Gasteiger partial charge in [0, 0.05) is 10.6 Å². The number of aryl methyl sites for hydroxylation is 1. The highest BCUT2D eigenvalue weighted by Crippen LogP contribution is 2.12. The molecule has 1 N–H and O–H groups in total. The van der Waals surface area contributed by atoms with Crippen molar-refractivity contribution in [3.05, 3.63) is 59.4 Å². The van der Waals surface area contributed by atoms with E-state index in [0.717, 1.165) is 11.4 Å². The van der Waals surface area contributed by atoms with Gasteiger partial charge in [-0.1, -0.05) is 18.2 Å². The standard InChI is InChI=1S/C14H14N2OS/c1-10-5-4-6-11(16-10)9-15-14(17)12-7-2-3-8-13(12)18/h2-8,18H,9H2,1H3,(H,15,17). The van der Waals surface area contributed by atoms with E-state index in [-0.39, 0.29) is 5.91 Å². The first-order valence-corrected chi connectivity index (χ1v) is 6.10. The molecule has 92 valence electrons. The molecule has 1 aromatic carbocycles. The maximum Gasteiger partial charge on any atom is 0.252 e. The molecule has 0 aliphatic carbocycles. The number of benzene rings is 1. The number of aromatic nitrogens is 1. The molecule has 2 rings (SSSR count). The molecule has 0 atom stereocenters. The van der Waals surface area contributed by atoms with Crippen molar-refractivity contribution < 1.29 is 4.79 Å². The monoisotopic (exact) mass is 258 g/mol. The number of carbonyl (C=O) groups excluding carboxylic acids is 1. The van der Waals surface area contributed by atoms with Crippen LogP contribution in [-0.4, -0.2) is 10.9 Å². The van der Waals surface area contributed by atoms with Crippen LogP contribution >= 0.6 is 12.6 Å². The molecular formula is C14H14N2OS. The summed E-state index contributed by atoms with van der Waals surface area (Å²) in [6.07, 6.45) is 0. The molecule has 1 amide bonds. The topological polar surface area (TPSA) is 42.0 Å². The van der Waals surface area contributed by atoms with E-state index in [1.165, 1.54) is 0 Å². The highest BCUT2D eigenvalue weighted by Gasteiger charge is 2.08. The average Bonchev–Trinajstić information content (AvgIpc) is 2.37. The number of amides is 1. The lowest BCUT2D eigenvalue weighted by Crippen LogP contribution is -2.23. The van der Waals surface area contributed by atoms with E-state index in [2.05, 4.69) is 22.9 Å². The third-order valence-corrected chi connectivity index (χ3v) is 2.91. The molecule has 0 unspecified atom stereocenters. The molecule has 0 aliphatic rings. The zero-order chi connectivity index (χ0) is 13.0. The van der Waals surface area contributed by atoms with Gasteiger partial charge in [-0.15, -0.1) is 12.6 Å². The predicted molar refractivity (Wildman–Crippen MR) is 73.8 cm³/mol. The van der Waals surface area contributed by atoms with E-state index in [9.17, 15) is 4.79 Å². The van der Waals surface area contributed by atoms with Crippen LogP contribution in [0.15, 0.2) is 47.4 Å². The Balaban J connectivity index is 2.03. The van der Waals surface area contributed by atoms with Crippen LogP contribution in [-0.2, 0) is 6.54 Å². The van der Waals surface area contributed by atoms with Gasteiger partial charge < -0.3 is 5.32 Å². The molecule has 4 heteroatoms. The van der Waals surface area contributed by atoms with Gasteiger partial charge >= 0.3 is 0 Å². The zero-order valence-electron chi connectivity index (χ0n) is 10.1. The van der Waals surface area contributed by atoms with Crippen molar-refractivity contribution in [2.75, 3.05) is 0 Å². The molecule has 0 spiro atoms. The summed E-state index contributed by atoms with van der Waals surface area (Å²) in [6.45, 7) is 2.34. The van der Waals surface area contributed by atoms with Gasteiger partial charge in [0.25, 0.3) is 5.91 Å². The summed E-state index contributed by atoms with van der Waals surface area (Å²) in [5.74, 6) is -0.135. The fraction of sp³-hybridized carbons (Fsp3) is 0.143. The van der Waals surface area contributed by atoms with Crippen LogP contribution in [0.4, 0.5) is 0 Å². The fourth-order valence-electron chi connectivity index (χ4n) is 1.63. The van der Waals surface area contributed by atoms with Crippen LogP contribution in [0.5, 0.6) is 0 Å². The second kappa shape index (κ2) is 5.69. The minimum Gasteiger partial charge on any atom is -0.346 e. The predicted octanol–water partition coefficient (Wildman–Crippen LogP) is 2.61. The molecular weight excluding hydrogens is 244 g/mol. The van der Waals surface area contributed by atoms with Crippen LogP contribution in [0.25, 0.3) is 0 Å². The Kier molecular flexibility index (Phi) is 3.99. The molecule has 0 saturated carbocycles. The van der Waals surface area contributed by atoms with E-state index < -0.39 is 0 Å². The Labute approximate surface area is 112 Å². The summed E-state index contributed by atoms with van der Waals surface area (Å²) in [7, 11) is 0. The van der Waals surface area contributed by atoms with E-state index in [4.69, 9.17) is 0 Å². The summed E-state index contributed by atoms with van der Waals surface area (Å²) >= 11 is 4.26. The van der Waals surface area contributed by atoms with Gasteiger partial charge in [-0.2, -0.15) is 0 Å². The molecule has 2 aromatic rings. The Morgan fingerprint density at radius 1 is 1.22 bits per heavy atom. The van der Waals surface area contributed by atoms with Crippen molar-refractivity contribution in [2.45, 2.75) is 18.4 Å². The Hall–Kier alpha value is -1.81. The van der Waals surface area contributed by atoms with Crippen molar-refractivity contribution >= 4 is 18.5 Å². The normalized spacial score (nSPS) is 10.1. The maximum absolute atomic E-state index is 11.9. The van der Waals surface area contributed by atoms with Gasteiger partial charge in [-0.05, 0) is 31.2 Å². The average molecular weight is 258 g/mol. The molecule has 0 saturated heterocycles. The molecule has 0 bridgehead atoms. The first kappa shape index (κ1) is 12.6. The molecule has 1 aromatic heterocycles. The van der Waals surface area contributed by atoms with Crippen LogP contribution in [0.2, 0.25) is 0 Å². The van der Waals surface area contributed by atoms with Gasteiger partial charge in [-0.3, -0.25) is 9.78 Å². The summed E-state index contributed by atoms with van der Waals surface area (Å²) in [4.78, 5) is 16.9. The summed E-state index contributed by atoms with van der Waals surface area (Å²) < 4.78 is 0. The van der Waals surface area contributed by atoms with E-state index in [1.807, 2.05) is 37.3 Å². The van der Waals surface area contributed by atoms with Crippen molar-refractivity contribution in [3.63, 3.8) is 0 Å². The van der Waals surface area contributed by atoms with Crippen LogP contribution in [0.3, 0.4) is 0 Å². The lowest BCUT2D eigenvalue weighted by molar-refractivity contribution is 0.0947. The highest BCUT2D eigenvalue weighted by atomic mass is 32.1. The van der Waals surface area contributed by atoms with Gasteiger partial charge in [0.15, 0.2) is 0 Å². The fourth-order valence-corrected chi connectivity index (χ4v) is 1.89. The van der Waals surface area contributed by atoms with Gasteiger partial charge in [0.1, 0.15) is 0 Å². The number of hydrogen-bond acceptors (Lipinski definition) is 3. The van der Waals surface area contributed by atoms with Gasteiger partial charge in [0.2, 0.25) is 0 Å². The van der Waals surface area contributed by atoms with E-state index in [1.54, 1.807) is 12.1 Å². The number of nitrogens with zero attached hydrogens (tertiary/aromatic N) is 1. The van der Waals surface area contributed by atoms with E-state index in [0.29, 0.717) is 17.0 Å². The number of thiol groups is 1. The maximum atomic E-state index is 11.9. The molecule has 1 heterocycles. The summed E-state index contributed by atoms with van der Waals surface area (Å²) in [5, 5.41) is 2.83. The molecule has 0 radical (unpaired) electrons. The second-order valence-corrected chi connectivity index (χ2v) is 4.45. The molecule has 18 heavy (non-hydrogen) atoms. The second-order valence-electron chi connectivity index (χ2n) is 3.97. The molecule has 3 nitrogen and oxygen atoms in total. The number of pyridine rings is 1. The SMILES string of the molecule is Cc1cccc(CNC(=O)c2ccccc2S)n1. The van der Waals surface area contributed by atoms with Crippen molar-refractivity contribution in [2.24, 2.45) is 0 Å². The Morgan fingerprint density at radius 3 is 2.72 bits per heavy atom. The molecule has 0 aliphatic heterocycles. The zero-order valence-corrected chi connectivity index (χ0v) is 10.9. The van der Waals surface area contributed by atoms with Crippen molar-refractivity contribution in [1.29, 1.82) is 0 Å². The van der Waals surface area contributed by atoms with Gasteiger partial charge in [0.05, 0.1) is 17.8 Å².